The van der Waals surface area contributed by atoms with Gasteiger partial charge in [-0.2, -0.15) is 5.10 Å². The molecule has 74 valence electrons. The van der Waals surface area contributed by atoms with E-state index in [1.54, 1.807) is 0 Å². The quantitative estimate of drug-likeness (QED) is 0.779. The van der Waals surface area contributed by atoms with Gasteiger partial charge in [-0.05, 0) is 12.1 Å². The predicted octanol–water partition coefficient (Wildman–Crippen LogP) is 2.11. The highest BCUT2D eigenvalue weighted by molar-refractivity contribution is 9.10. The van der Waals surface area contributed by atoms with Crippen LogP contribution >= 0.6 is 15.9 Å². The van der Waals surface area contributed by atoms with Gasteiger partial charge in [0.2, 0.25) is 5.82 Å². The van der Waals surface area contributed by atoms with Gasteiger partial charge in [-0.25, -0.2) is 4.98 Å². The number of nitrogens with zero attached hydrogens (tertiary/aromatic N) is 3. The summed E-state index contributed by atoms with van der Waals surface area (Å²) >= 11 is 3.36. The molecule has 1 heterocycles. The van der Waals surface area contributed by atoms with E-state index in [9.17, 15) is 4.79 Å². The lowest BCUT2D eigenvalue weighted by Gasteiger charge is -2.00. The zero-order chi connectivity index (χ0) is 10.7. The molecule has 0 atom stereocenters. The van der Waals surface area contributed by atoms with E-state index in [-0.39, 0.29) is 5.82 Å². The van der Waals surface area contributed by atoms with Crippen molar-refractivity contribution in [3.05, 3.63) is 40.8 Å². The number of benzene rings is 1. The van der Waals surface area contributed by atoms with Crippen LogP contribution in [0.5, 0.6) is 0 Å². The molecular formula is C10H6BrN3O. The highest BCUT2D eigenvalue weighted by atomic mass is 79.9. The molecular weight excluding hydrogens is 258 g/mol. The maximum Gasteiger partial charge on any atom is 0.215 e. The molecule has 4 nitrogen and oxygen atoms in total. The standard InChI is InChI=1S/C10H6BrN3O/c11-8-3-1-2-7(4-8)9-5-12-14-10(6-15)13-9/h1-6H. The Morgan fingerprint density at radius 3 is 2.93 bits per heavy atom. The zero-order valence-corrected chi connectivity index (χ0v) is 9.18. The van der Waals surface area contributed by atoms with Crippen molar-refractivity contribution >= 4 is 22.2 Å². The van der Waals surface area contributed by atoms with Crippen LogP contribution in [0, 0.1) is 0 Å². The molecule has 0 radical (unpaired) electrons. The van der Waals surface area contributed by atoms with Gasteiger partial charge in [0.05, 0.1) is 11.9 Å². The van der Waals surface area contributed by atoms with Gasteiger partial charge in [0, 0.05) is 10.0 Å². The van der Waals surface area contributed by atoms with Crippen LogP contribution in [-0.4, -0.2) is 21.5 Å². The summed E-state index contributed by atoms with van der Waals surface area (Å²) in [4.78, 5) is 14.5. The van der Waals surface area contributed by atoms with E-state index in [1.807, 2.05) is 24.3 Å². The third kappa shape index (κ3) is 2.24. The van der Waals surface area contributed by atoms with E-state index in [1.165, 1.54) is 6.20 Å². The predicted molar refractivity (Wildman–Crippen MR) is 58.4 cm³/mol. The number of aromatic nitrogens is 3. The first-order chi connectivity index (χ1) is 7.29. The van der Waals surface area contributed by atoms with Crippen molar-refractivity contribution in [1.29, 1.82) is 0 Å². The van der Waals surface area contributed by atoms with Crippen LogP contribution < -0.4 is 0 Å². The van der Waals surface area contributed by atoms with Crippen molar-refractivity contribution in [1.82, 2.24) is 15.2 Å². The second kappa shape index (κ2) is 4.27. The molecule has 0 N–H and O–H groups in total. The van der Waals surface area contributed by atoms with Gasteiger partial charge in [-0.3, -0.25) is 4.79 Å². The molecule has 1 aromatic carbocycles. The van der Waals surface area contributed by atoms with E-state index in [0.29, 0.717) is 12.0 Å². The highest BCUT2D eigenvalue weighted by Crippen LogP contribution is 2.19. The lowest BCUT2D eigenvalue weighted by atomic mass is 10.2. The number of hydrogen-bond donors (Lipinski definition) is 0. The summed E-state index contributed by atoms with van der Waals surface area (Å²) in [6.45, 7) is 0. The van der Waals surface area contributed by atoms with Crippen LogP contribution in [0.3, 0.4) is 0 Å². The largest absolute Gasteiger partial charge is 0.294 e. The molecule has 0 aliphatic heterocycles. The van der Waals surface area contributed by atoms with Crippen molar-refractivity contribution in [2.75, 3.05) is 0 Å². The Morgan fingerprint density at radius 1 is 1.33 bits per heavy atom. The van der Waals surface area contributed by atoms with Crippen molar-refractivity contribution in [3.63, 3.8) is 0 Å². The molecule has 15 heavy (non-hydrogen) atoms. The molecule has 5 heteroatoms. The fourth-order valence-corrected chi connectivity index (χ4v) is 1.55. The first kappa shape index (κ1) is 9.92. The van der Waals surface area contributed by atoms with Gasteiger partial charge < -0.3 is 0 Å². The first-order valence-corrected chi connectivity index (χ1v) is 5.00. The number of hydrogen-bond acceptors (Lipinski definition) is 4. The fraction of sp³-hybridized carbons (Fsp3) is 0. The van der Waals surface area contributed by atoms with Crippen LogP contribution in [0.1, 0.15) is 10.6 Å². The van der Waals surface area contributed by atoms with Gasteiger partial charge in [0.25, 0.3) is 0 Å². The summed E-state index contributed by atoms with van der Waals surface area (Å²) < 4.78 is 0.950. The Balaban J connectivity index is 2.49. The molecule has 0 saturated heterocycles. The van der Waals surface area contributed by atoms with Gasteiger partial charge in [0.1, 0.15) is 0 Å². The molecule has 0 fully saturated rings. The van der Waals surface area contributed by atoms with Crippen molar-refractivity contribution < 1.29 is 4.79 Å². The average Bonchev–Trinajstić information content (AvgIpc) is 2.29. The monoisotopic (exact) mass is 263 g/mol. The molecule has 0 aliphatic rings. The maximum atomic E-state index is 10.5. The van der Waals surface area contributed by atoms with E-state index in [4.69, 9.17) is 0 Å². The lowest BCUT2D eigenvalue weighted by Crippen LogP contribution is -1.96. The molecule has 0 bridgehead atoms. The summed E-state index contributed by atoms with van der Waals surface area (Å²) in [5.74, 6) is 0.0903. The van der Waals surface area contributed by atoms with Crippen LogP contribution in [-0.2, 0) is 0 Å². The normalized spacial score (nSPS) is 9.93. The molecule has 1 aromatic heterocycles. The second-order valence-corrected chi connectivity index (χ2v) is 3.74. The first-order valence-electron chi connectivity index (χ1n) is 4.20. The number of halogens is 1. The van der Waals surface area contributed by atoms with Gasteiger partial charge in [0.15, 0.2) is 6.29 Å². The number of carbonyl (C=O) groups is 1. The third-order valence-corrected chi connectivity index (χ3v) is 2.29. The van der Waals surface area contributed by atoms with Crippen molar-refractivity contribution in [2.45, 2.75) is 0 Å². The van der Waals surface area contributed by atoms with Crippen molar-refractivity contribution in [3.8, 4) is 11.3 Å². The Labute approximate surface area is 94.5 Å². The maximum absolute atomic E-state index is 10.5. The van der Waals surface area contributed by atoms with E-state index >= 15 is 0 Å². The van der Waals surface area contributed by atoms with E-state index in [0.717, 1.165) is 10.0 Å². The lowest BCUT2D eigenvalue weighted by molar-refractivity contribution is 0.111. The number of rotatable bonds is 2. The second-order valence-electron chi connectivity index (χ2n) is 2.83. The Hall–Kier alpha value is -1.62. The van der Waals surface area contributed by atoms with Gasteiger partial charge in [-0.15, -0.1) is 5.10 Å². The Kier molecular flexibility index (Phi) is 2.82. The van der Waals surface area contributed by atoms with Crippen LogP contribution in [0.4, 0.5) is 0 Å². The zero-order valence-electron chi connectivity index (χ0n) is 7.59. The molecule has 0 unspecified atom stereocenters. The minimum absolute atomic E-state index is 0.0903. The minimum atomic E-state index is 0.0903. The van der Waals surface area contributed by atoms with Crippen LogP contribution in [0.2, 0.25) is 0 Å². The fourth-order valence-electron chi connectivity index (χ4n) is 1.15. The molecule has 0 saturated carbocycles. The summed E-state index contributed by atoms with van der Waals surface area (Å²) in [5.41, 5.74) is 1.52. The van der Waals surface area contributed by atoms with E-state index < -0.39 is 0 Å². The Morgan fingerprint density at radius 2 is 2.20 bits per heavy atom. The highest BCUT2D eigenvalue weighted by Gasteiger charge is 2.02. The minimum Gasteiger partial charge on any atom is -0.294 e. The number of aldehydes is 1. The molecule has 0 amide bonds. The summed E-state index contributed by atoms with van der Waals surface area (Å²) in [5, 5.41) is 7.27. The molecule has 2 aromatic rings. The summed E-state index contributed by atoms with van der Waals surface area (Å²) in [7, 11) is 0. The average molecular weight is 264 g/mol. The van der Waals surface area contributed by atoms with Gasteiger partial charge in [-0.1, -0.05) is 28.1 Å². The van der Waals surface area contributed by atoms with Crippen molar-refractivity contribution in [2.24, 2.45) is 0 Å². The topological polar surface area (TPSA) is 55.7 Å². The Bertz CT molecular complexity index is 502. The molecule has 0 spiro atoms. The van der Waals surface area contributed by atoms with Crippen LogP contribution in [0.25, 0.3) is 11.3 Å². The number of carbonyl (C=O) groups excluding carboxylic acids is 1. The van der Waals surface area contributed by atoms with Crippen LogP contribution in [0.15, 0.2) is 34.9 Å². The SMILES string of the molecule is O=Cc1nncc(-c2cccc(Br)c2)n1. The van der Waals surface area contributed by atoms with E-state index in [2.05, 4.69) is 31.1 Å². The third-order valence-electron chi connectivity index (χ3n) is 1.80. The van der Waals surface area contributed by atoms with Gasteiger partial charge >= 0.3 is 0 Å². The smallest absolute Gasteiger partial charge is 0.215 e. The molecule has 2 rings (SSSR count). The molecule has 0 aliphatic carbocycles. The summed E-state index contributed by atoms with van der Waals surface area (Å²) in [6.07, 6.45) is 2.10. The summed E-state index contributed by atoms with van der Waals surface area (Å²) in [6, 6.07) is 7.60.